The minimum atomic E-state index is -0.863. The molecule has 0 radical (unpaired) electrons. The van der Waals surface area contributed by atoms with E-state index in [0.717, 1.165) is 5.56 Å². The number of nitro groups is 1. The predicted molar refractivity (Wildman–Crippen MR) is 100 cm³/mol. The van der Waals surface area contributed by atoms with Crippen LogP contribution < -0.4 is 15.8 Å². The molecule has 3 N–H and O–H groups in total. The molecule has 1 saturated heterocycles. The highest BCUT2D eigenvalue weighted by Crippen LogP contribution is 2.19. The van der Waals surface area contributed by atoms with Gasteiger partial charge in [-0.25, -0.2) is 14.9 Å². The molecule has 1 aliphatic rings. The van der Waals surface area contributed by atoms with Crippen LogP contribution in [0.25, 0.3) is 0 Å². The third-order valence-electron chi connectivity index (χ3n) is 4.21. The third-order valence-corrected chi connectivity index (χ3v) is 4.21. The van der Waals surface area contributed by atoms with E-state index >= 15 is 0 Å². The number of ether oxygens (including phenoxy) is 3. The van der Waals surface area contributed by atoms with Gasteiger partial charge in [0.05, 0.1) is 13.2 Å². The van der Waals surface area contributed by atoms with Gasteiger partial charge in [-0.2, -0.15) is 0 Å². The van der Waals surface area contributed by atoms with Crippen LogP contribution in [-0.2, 0) is 16.1 Å². The first-order valence-corrected chi connectivity index (χ1v) is 8.87. The van der Waals surface area contributed by atoms with Crippen molar-refractivity contribution in [2.45, 2.75) is 38.6 Å². The summed E-state index contributed by atoms with van der Waals surface area (Å²) in [5.74, 6) is 0.450. The van der Waals surface area contributed by atoms with Crippen molar-refractivity contribution in [2.75, 3.05) is 20.3 Å². The molecule has 1 aromatic carbocycles. The van der Waals surface area contributed by atoms with E-state index in [1.807, 2.05) is 0 Å². The fraction of sp³-hybridized carbons (Fsp3) is 0.529. The second kappa shape index (κ2) is 10.3. The monoisotopic (exact) mass is 395 g/mol. The number of alkyl carbamates (subject to hydrolysis) is 1. The van der Waals surface area contributed by atoms with Crippen LogP contribution in [0.4, 0.5) is 4.79 Å². The maximum atomic E-state index is 12.2. The third kappa shape index (κ3) is 5.98. The van der Waals surface area contributed by atoms with Gasteiger partial charge in [-0.15, -0.1) is 0 Å². The van der Waals surface area contributed by atoms with Crippen molar-refractivity contribution in [3.63, 3.8) is 0 Å². The second-order valence-corrected chi connectivity index (χ2v) is 6.05. The summed E-state index contributed by atoms with van der Waals surface area (Å²) in [6, 6.07) is 6.70. The number of benzene rings is 1. The fourth-order valence-corrected chi connectivity index (χ4v) is 2.94. The van der Waals surface area contributed by atoms with Crippen molar-refractivity contribution in [1.29, 1.82) is 0 Å². The number of piperidine rings is 1. The van der Waals surface area contributed by atoms with Crippen molar-refractivity contribution in [3.05, 3.63) is 39.9 Å². The van der Waals surface area contributed by atoms with Crippen molar-refractivity contribution in [3.8, 4) is 5.75 Å². The van der Waals surface area contributed by atoms with Crippen LogP contribution in [0.5, 0.6) is 5.75 Å². The van der Waals surface area contributed by atoms with Gasteiger partial charge in [0.2, 0.25) is 0 Å². The molecule has 1 heterocycles. The molecule has 2 rings (SSSR count). The van der Waals surface area contributed by atoms with Gasteiger partial charge in [0.25, 0.3) is 5.96 Å². The molecule has 1 aliphatic heterocycles. The molecule has 0 spiro atoms. The Morgan fingerprint density at radius 3 is 2.75 bits per heavy atom. The number of nitrogens with zero attached hydrogens (tertiary/aromatic N) is 3. The van der Waals surface area contributed by atoms with Crippen molar-refractivity contribution in [2.24, 2.45) is 10.8 Å². The summed E-state index contributed by atoms with van der Waals surface area (Å²) in [5, 5.41) is 15.6. The van der Waals surface area contributed by atoms with Gasteiger partial charge < -0.3 is 30.2 Å². The molecule has 2 atom stereocenters. The van der Waals surface area contributed by atoms with E-state index in [9.17, 15) is 14.9 Å². The van der Waals surface area contributed by atoms with E-state index in [0.29, 0.717) is 31.7 Å². The zero-order chi connectivity index (χ0) is 20.5. The smallest absolute Gasteiger partial charge is 0.407 e. The molecule has 28 heavy (non-hydrogen) atoms. The van der Waals surface area contributed by atoms with Gasteiger partial charge >= 0.3 is 6.09 Å². The highest BCUT2D eigenvalue weighted by molar-refractivity contribution is 5.78. The van der Waals surface area contributed by atoms with Crippen molar-refractivity contribution < 1.29 is 24.0 Å². The van der Waals surface area contributed by atoms with Crippen LogP contribution in [0.3, 0.4) is 0 Å². The molecule has 1 fully saturated rings. The van der Waals surface area contributed by atoms with E-state index < -0.39 is 23.4 Å². The Bertz CT molecular complexity index is 696. The molecular weight excluding hydrogens is 370 g/mol. The summed E-state index contributed by atoms with van der Waals surface area (Å²) >= 11 is 0. The summed E-state index contributed by atoms with van der Waals surface area (Å²) in [4.78, 5) is 24.3. The highest BCUT2D eigenvalue weighted by Gasteiger charge is 2.35. The Hall–Kier alpha value is -3.08. The standard InChI is InChI=1S/C17H25N5O6/c1-3-27-15-14(5-4-10-21(15)16(18)20-22(24)25)19-17(23)28-11-12-6-8-13(26-2)9-7-12/h6-9,14-15H,3-5,10-11H2,1-2H3,(H2,18,20)(H,19,23). The van der Waals surface area contributed by atoms with Gasteiger partial charge in [0.1, 0.15) is 17.5 Å². The number of methoxy groups -OCH3 is 1. The lowest BCUT2D eigenvalue weighted by Gasteiger charge is -2.40. The number of carbonyl (C=O) groups excluding carboxylic acids is 1. The number of hydrogen-bond acceptors (Lipinski definition) is 6. The maximum Gasteiger partial charge on any atom is 0.407 e. The zero-order valence-electron chi connectivity index (χ0n) is 15.9. The first-order valence-electron chi connectivity index (χ1n) is 8.87. The summed E-state index contributed by atoms with van der Waals surface area (Å²) in [7, 11) is 1.57. The second-order valence-electron chi connectivity index (χ2n) is 6.05. The lowest BCUT2D eigenvalue weighted by atomic mass is 10.0. The fourth-order valence-electron chi connectivity index (χ4n) is 2.94. The Kier molecular flexibility index (Phi) is 7.81. The van der Waals surface area contributed by atoms with Crippen LogP contribution in [0.15, 0.2) is 29.4 Å². The molecule has 1 aromatic rings. The molecule has 0 aliphatic carbocycles. The number of nitrogens with one attached hydrogen (secondary N) is 1. The summed E-state index contributed by atoms with van der Waals surface area (Å²) in [6.45, 7) is 2.65. The number of hydrogen-bond donors (Lipinski definition) is 2. The number of nitrogens with two attached hydrogens (primary N) is 1. The molecule has 11 nitrogen and oxygen atoms in total. The zero-order valence-corrected chi connectivity index (χ0v) is 15.9. The Morgan fingerprint density at radius 1 is 1.43 bits per heavy atom. The maximum absolute atomic E-state index is 12.2. The van der Waals surface area contributed by atoms with E-state index in [4.69, 9.17) is 19.9 Å². The topological polar surface area (TPSA) is 142 Å². The van der Waals surface area contributed by atoms with Crippen molar-refractivity contribution >= 4 is 12.1 Å². The number of carbonyl (C=O) groups is 1. The number of guanidine groups is 1. The molecule has 11 heteroatoms. The number of likely N-dealkylation sites (tertiary alicyclic amines) is 1. The first-order chi connectivity index (χ1) is 13.4. The van der Waals surface area contributed by atoms with Gasteiger partial charge in [-0.05, 0) is 37.5 Å². The van der Waals surface area contributed by atoms with Gasteiger partial charge in [-0.3, -0.25) is 0 Å². The van der Waals surface area contributed by atoms with E-state index in [2.05, 4.69) is 10.4 Å². The van der Waals surface area contributed by atoms with Crippen LogP contribution in [0, 0.1) is 10.1 Å². The lowest BCUT2D eigenvalue weighted by molar-refractivity contribution is -0.486. The van der Waals surface area contributed by atoms with Gasteiger partial charge in [-0.1, -0.05) is 12.1 Å². The van der Waals surface area contributed by atoms with Crippen molar-refractivity contribution in [1.82, 2.24) is 10.2 Å². The molecular formula is C17H25N5O6. The van der Waals surface area contributed by atoms with E-state index in [-0.39, 0.29) is 12.6 Å². The summed E-state index contributed by atoms with van der Waals surface area (Å²) in [6.07, 6.45) is -0.0148. The Balaban J connectivity index is 1.97. The number of rotatable bonds is 7. The minimum Gasteiger partial charge on any atom is -0.497 e. The molecule has 0 aromatic heterocycles. The number of hydrazone groups is 1. The van der Waals surface area contributed by atoms with Crippen LogP contribution in [0.1, 0.15) is 25.3 Å². The minimum absolute atomic E-state index is 0.0937. The Morgan fingerprint density at radius 2 is 2.14 bits per heavy atom. The van der Waals surface area contributed by atoms with Gasteiger partial charge in [0.15, 0.2) is 11.3 Å². The normalized spacial score (nSPS) is 19.8. The van der Waals surface area contributed by atoms with E-state index in [1.165, 1.54) is 4.90 Å². The molecule has 1 amide bonds. The Labute approximate surface area is 162 Å². The van der Waals surface area contributed by atoms with Gasteiger partial charge in [0, 0.05) is 13.2 Å². The average Bonchev–Trinajstić information content (AvgIpc) is 2.67. The number of amides is 1. The first kappa shape index (κ1) is 21.2. The molecule has 2 unspecified atom stereocenters. The molecule has 0 bridgehead atoms. The molecule has 0 saturated carbocycles. The SMILES string of the molecule is CCOC1C(NC(=O)OCc2ccc(OC)cc2)CCCN1/C(N)=N/[N+](=O)[O-]. The largest absolute Gasteiger partial charge is 0.497 e. The van der Waals surface area contributed by atoms with Crippen LogP contribution in [0.2, 0.25) is 0 Å². The summed E-state index contributed by atoms with van der Waals surface area (Å²) in [5.41, 5.74) is 6.53. The molecule has 154 valence electrons. The van der Waals surface area contributed by atoms with Crippen LogP contribution in [-0.4, -0.2) is 54.5 Å². The predicted octanol–water partition coefficient (Wildman–Crippen LogP) is 1.25. The lowest BCUT2D eigenvalue weighted by Crippen LogP contribution is -2.60. The van der Waals surface area contributed by atoms with Crippen LogP contribution >= 0.6 is 0 Å². The highest BCUT2D eigenvalue weighted by atomic mass is 16.7. The quantitative estimate of drug-likeness (QED) is 0.304. The van der Waals surface area contributed by atoms with E-state index in [1.54, 1.807) is 38.3 Å². The average molecular weight is 395 g/mol. The summed E-state index contributed by atoms with van der Waals surface area (Å²) < 4.78 is 16.0.